The fourth-order valence-corrected chi connectivity index (χ4v) is 3.80. The number of anilines is 1. The molecule has 2 N–H and O–H groups in total. The van der Waals surface area contributed by atoms with Crippen molar-refractivity contribution < 1.29 is 32.5 Å². The van der Waals surface area contributed by atoms with E-state index in [1.54, 1.807) is 45.4 Å². The molecule has 0 aliphatic carbocycles. The summed E-state index contributed by atoms with van der Waals surface area (Å²) >= 11 is 5.95. The lowest BCUT2D eigenvalue weighted by Crippen LogP contribution is -2.10. The maximum Gasteiger partial charge on any atom is 0.433 e. The van der Waals surface area contributed by atoms with Crippen molar-refractivity contribution >= 4 is 34.7 Å². The van der Waals surface area contributed by atoms with Gasteiger partial charge in [-0.25, -0.2) is 4.98 Å². The Labute approximate surface area is 215 Å². The van der Waals surface area contributed by atoms with Crippen LogP contribution in [0.15, 0.2) is 48.7 Å². The van der Waals surface area contributed by atoms with Gasteiger partial charge >= 0.3 is 6.18 Å². The number of ether oxygens (including phenoxy) is 2. The number of alkyl halides is 3. The van der Waals surface area contributed by atoms with Crippen LogP contribution in [-0.2, 0) is 17.5 Å². The van der Waals surface area contributed by atoms with Crippen molar-refractivity contribution in [3.63, 3.8) is 0 Å². The second-order valence-corrected chi connectivity index (χ2v) is 8.02. The number of aromatic nitrogens is 3. The first-order chi connectivity index (χ1) is 17.6. The Bertz CT molecular complexity index is 1420. The van der Waals surface area contributed by atoms with Gasteiger partial charge in [0.15, 0.2) is 11.5 Å². The molecule has 0 saturated carbocycles. The van der Waals surface area contributed by atoms with Crippen LogP contribution in [0.5, 0.6) is 11.5 Å². The summed E-state index contributed by atoms with van der Waals surface area (Å²) in [6.07, 6.45) is -3.63. The van der Waals surface area contributed by atoms with Gasteiger partial charge in [0.2, 0.25) is 0 Å². The van der Waals surface area contributed by atoms with Crippen molar-refractivity contribution in [1.29, 1.82) is 0 Å². The van der Waals surface area contributed by atoms with Gasteiger partial charge in [0, 0.05) is 40.7 Å². The Balaban J connectivity index is 0.00000121. The van der Waals surface area contributed by atoms with E-state index < -0.39 is 11.9 Å². The van der Waals surface area contributed by atoms with Crippen molar-refractivity contribution in [3.05, 3.63) is 70.6 Å². The molecule has 0 aliphatic rings. The van der Waals surface area contributed by atoms with Gasteiger partial charge in [0.1, 0.15) is 11.5 Å². The zero-order valence-corrected chi connectivity index (χ0v) is 20.7. The van der Waals surface area contributed by atoms with Crippen LogP contribution in [0.25, 0.3) is 21.9 Å². The lowest BCUT2D eigenvalue weighted by atomic mass is 9.99. The number of fused-ring (bicyclic) bond motifs is 1. The van der Waals surface area contributed by atoms with Crippen LogP contribution in [0.3, 0.4) is 0 Å². The van der Waals surface area contributed by atoms with Crippen LogP contribution in [0, 0.1) is 6.92 Å². The summed E-state index contributed by atoms with van der Waals surface area (Å²) in [6.45, 7) is 1.88. The largest absolute Gasteiger partial charge is 0.497 e. The van der Waals surface area contributed by atoms with Crippen LogP contribution in [0.1, 0.15) is 17.0 Å². The first kappa shape index (κ1) is 27.5. The molecular weight excluding hydrogens is 513 g/mol. The Morgan fingerprint density at radius 3 is 2.43 bits per heavy atom. The van der Waals surface area contributed by atoms with E-state index in [1.165, 1.54) is 6.07 Å². The van der Waals surface area contributed by atoms with Gasteiger partial charge in [-0.3, -0.25) is 4.79 Å². The third-order valence-electron chi connectivity index (χ3n) is 5.34. The van der Waals surface area contributed by atoms with E-state index in [2.05, 4.69) is 20.5 Å². The number of hydrogen-bond acceptors (Lipinski definition) is 7. The number of aryl methyl sites for hydroxylation is 1. The number of hydrogen-bond donors (Lipinski definition) is 2. The molecule has 4 aromatic rings. The highest BCUT2D eigenvalue weighted by atomic mass is 35.5. The van der Waals surface area contributed by atoms with E-state index in [1.807, 2.05) is 12.1 Å². The Hall–Kier alpha value is -4.12. The van der Waals surface area contributed by atoms with Gasteiger partial charge in [-0.1, -0.05) is 17.7 Å². The topological polar surface area (TPSA) is 106 Å². The van der Waals surface area contributed by atoms with E-state index in [0.29, 0.717) is 45.9 Å². The lowest BCUT2D eigenvalue weighted by Gasteiger charge is -2.15. The van der Waals surface area contributed by atoms with E-state index in [-0.39, 0.29) is 17.1 Å². The second-order valence-electron chi connectivity index (χ2n) is 7.58. The highest BCUT2D eigenvalue weighted by molar-refractivity contribution is 6.30. The van der Waals surface area contributed by atoms with Crippen LogP contribution >= 0.6 is 11.6 Å². The fourth-order valence-electron chi connectivity index (χ4n) is 3.64. The number of carboxylic acid groups (broad SMARTS) is 1. The van der Waals surface area contributed by atoms with Gasteiger partial charge in [-0.05, 0) is 42.8 Å². The molecular formula is C25H22ClF3N4O4. The molecule has 0 fully saturated rings. The molecule has 0 saturated heterocycles. The maximum absolute atomic E-state index is 13.5. The molecule has 2 aromatic heterocycles. The summed E-state index contributed by atoms with van der Waals surface area (Å²) in [7, 11) is 3.15. The lowest BCUT2D eigenvalue weighted by molar-refractivity contribution is -0.140. The van der Waals surface area contributed by atoms with E-state index in [0.717, 1.165) is 11.8 Å². The molecule has 2 heterocycles. The van der Waals surface area contributed by atoms with E-state index >= 15 is 0 Å². The van der Waals surface area contributed by atoms with E-state index in [9.17, 15) is 13.2 Å². The minimum atomic E-state index is -4.62. The van der Waals surface area contributed by atoms with Crippen LogP contribution in [-0.4, -0.2) is 41.0 Å². The normalized spacial score (nSPS) is 10.9. The molecule has 194 valence electrons. The van der Waals surface area contributed by atoms with Crippen molar-refractivity contribution in [2.75, 3.05) is 19.5 Å². The first-order valence-electron chi connectivity index (χ1n) is 10.7. The maximum atomic E-state index is 13.5. The number of nitrogens with zero attached hydrogens (tertiary/aromatic N) is 3. The Morgan fingerprint density at radius 2 is 1.78 bits per heavy atom. The number of methoxy groups -OCH3 is 2. The third-order valence-corrected chi connectivity index (χ3v) is 5.55. The molecule has 0 spiro atoms. The van der Waals surface area contributed by atoms with Crippen LogP contribution in [0.4, 0.5) is 19.0 Å². The van der Waals surface area contributed by atoms with Crippen molar-refractivity contribution in [2.45, 2.75) is 19.6 Å². The Morgan fingerprint density at radius 1 is 1.05 bits per heavy atom. The average Bonchev–Trinajstić information content (AvgIpc) is 2.88. The SMILES string of the molecule is COc1ccc(CNc2nnc(C)c3cc(-c4cc(Cl)cnc4C(F)(F)F)ccc23)c(OC)c1.O=CO. The van der Waals surface area contributed by atoms with Gasteiger partial charge < -0.3 is 19.9 Å². The van der Waals surface area contributed by atoms with Gasteiger partial charge in [0.25, 0.3) is 6.47 Å². The molecule has 37 heavy (non-hydrogen) atoms. The van der Waals surface area contributed by atoms with Crippen molar-refractivity contribution in [1.82, 2.24) is 15.2 Å². The molecule has 12 heteroatoms. The first-order valence-corrected chi connectivity index (χ1v) is 11.0. The summed E-state index contributed by atoms with van der Waals surface area (Å²) in [5.41, 5.74) is 0.674. The van der Waals surface area contributed by atoms with Crippen LogP contribution in [0.2, 0.25) is 5.02 Å². The number of benzene rings is 2. The number of nitrogens with one attached hydrogen (secondary N) is 1. The average molecular weight is 535 g/mol. The van der Waals surface area contributed by atoms with Crippen molar-refractivity contribution in [2.24, 2.45) is 0 Å². The molecule has 0 aliphatic heterocycles. The van der Waals surface area contributed by atoms with Gasteiger partial charge in [0.05, 0.1) is 24.9 Å². The predicted octanol–water partition coefficient (Wildman–Crippen LogP) is 6.00. The minimum Gasteiger partial charge on any atom is -0.497 e. The number of carbonyl (C=O) groups is 1. The number of rotatable bonds is 6. The molecule has 8 nitrogen and oxygen atoms in total. The number of pyridine rings is 1. The fraction of sp³-hybridized carbons (Fsp3) is 0.200. The zero-order valence-electron chi connectivity index (χ0n) is 19.9. The van der Waals surface area contributed by atoms with Gasteiger partial charge in [-0.15, -0.1) is 5.10 Å². The summed E-state index contributed by atoms with van der Waals surface area (Å²) in [5.74, 6) is 1.80. The Kier molecular flexibility index (Phi) is 8.72. The molecule has 4 rings (SSSR count). The quantitative estimate of drug-likeness (QED) is 0.290. The molecule has 0 radical (unpaired) electrons. The predicted molar refractivity (Wildman–Crippen MR) is 133 cm³/mol. The zero-order chi connectivity index (χ0) is 27.2. The standard InChI is InChI=1S/C24H20ClF3N4O2.CH2O2/c1-13-19-8-14(20-9-16(25)12-29-22(20)24(26,27)28)5-7-18(19)23(32-31-13)30-11-15-4-6-17(33-2)10-21(15)34-3;2-1-3/h4-10,12H,11H2,1-3H3,(H,30,32);1H,(H,2,3). The third kappa shape index (κ3) is 6.36. The minimum absolute atomic E-state index is 0.101. The highest BCUT2D eigenvalue weighted by Crippen LogP contribution is 2.38. The molecule has 0 atom stereocenters. The van der Waals surface area contributed by atoms with Crippen LogP contribution < -0.4 is 14.8 Å². The summed E-state index contributed by atoms with van der Waals surface area (Å²) in [5, 5.41) is 20.0. The summed E-state index contributed by atoms with van der Waals surface area (Å²) in [6, 6.07) is 11.7. The molecule has 0 amide bonds. The molecule has 2 aromatic carbocycles. The smallest absolute Gasteiger partial charge is 0.433 e. The van der Waals surface area contributed by atoms with E-state index in [4.69, 9.17) is 31.0 Å². The molecule has 0 bridgehead atoms. The summed E-state index contributed by atoms with van der Waals surface area (Å²) < 4.78 is 51.3. The van der Waals surface area contributed by atoms with Gasteiger partial charge in [-0.2, -0.15) is 18.3 Å². The monoisotopic (exact) mass is 534 g/mol. The second kappa shape index (κ2) is 11.7. The number of halogens is 4. The highest BCUT2D eigenvalue weighted by Gasteiger charge is 2.35. The van der Waals surface area contributed by atoms with Crippen molar-refractivity contribution in [3.8, 4) is 22.6 Å². The molecule has 0 unspecified atom stereocenters. The summed E-state index contributed by atoms with van der Waals surface area (Å²) in [4.78, 5) is 11.9.